The average Bonchev–Trinajstić information content (AvgIpc) is 2.29. The normalized spacial score (nSPS) is 15.6. The second-order valence-corrected chi connectivity index (χ2v) is 4.11. The van der Waals surface area contributed by atoms with Crippen molar-refractivity contribution in [1.29, 1.82) is 0 Å². The zero-order chi connectivity index (χ0) is 11.5. The molecule has 1 heterocycles. The Morgan fingerprint density at radius 1 is 1.38 bits per heavy atom. The minimum atomic E-state index is -2.27. The van der Waals surface area contributed by atoms with Gasteiger partial charge >= 0.3 is 0 Å². The van der Waals surface area contributed by atoms with E-state index >= 15 is 0 Å². The van der Waals surface area contributed by atoms with Crippen LogP contribution in [0, 0.1) is 0 Å². The largest absolute Gasteiger partial charge is 0.755 e. The first-order valence-electron chi connectivity index (χ1n) is 4.99. The van der Waals surface area contributed by atoms with Crippen molar-refractivity contribution in [2.24, 2.45) is 0 Å². The van der Waals surface area contributed by atoms with Crippen molar-refractivity contribution in [1.82, 2.24) is 0 Å². The Labute approximate surface area is 96.4 Å². The first-order chi connectivity index (χ1) is 7.72. The van der Waals surface area contributed by atoms with Gasteiger partial charge in [-0.1, -0.05) is 0 Å². The van der Waals surface area contributed by atoms with Crippen LogP contribution in [0.2, 0.25) is 0 Å². The minimum absolute atomic E-state index is 0.385. The molecule has 0 bridgehead atoms. The van der Waals surface area contributed by atoms with E-state index in [9.17, 15) is 8.76 Å². The molecule has 88 valence electrons. The van der Waals surface area contributed by atoms with Gasteiger partial charge in [-0.05, 0) is 19.1 Å². The molecule has 1 aliphatic rings. The third-order valence-electron chi connectivity index (χ3n) is 2.28. The molecule has 0 radical (unpaired) electrons. The van der Waals surface area contributed by atoms with E-state index in [4.69, 9.17) is 9.47 Å². The third-order valence-corrected chi connectivity index (χ3v) is 3.11. The molecule has 1 aromatic carbocycles. The fraction of sp³-hybridized carbons (Fsp3) is 0.400. The van der Waals surface area contributed by atoms with Crippen LogP contribution in [0.4, 0.5) is 5.69 Å². The van der Waals surface area contributed by atoms with Crippen LogP contribution in [0.3, 0.4) is 0 Å². The summed E-state index contributed by atoms with van der Waals surface area (Å²) in [7, 11) is 0. The van der Waals surface area contributed by atoms with Crippen molar-refractivity contribution in [3.8, 4) is 11.5 Å². The fourth-order valence-corrected chi connectivity index (χ4v) is 2.06. The molecule has 0 spiro atoms. The van der Waals surface area contributed by atoms with E-state index in [1.165, 1.54) is 4.31 Å². The Bertz CT molecular complexity index is 410. The van der Waals surface area contributed by atoms with Gasteiger partial charge in [0.05, 0.1) is 5.69 Å². The molecular formula is C10H12NO4S-. The molecule has 0 amide bonds. The maximum Gasteiger partial charge on any atom is 0.163 e. The Balaban J connectivity index is 2.32. The highest BCUT2D eigenvalue weighted by Crippen LogP contribution is 2.34. The average molecular weight is 242 g/mol. The van der Waals surface area contributed by atoms with E-state index < -0.39 is 11.3 Å². The van der Waals surface area contributed by atoms with Crippen molar-refractivity contribution in [3.63, 3.8) is 0 Å². The number of ether oxygens (including phenoxy) is 2. The molecule has 0 fully saturated rings. The summed E-state index contributed by atoms with van der Waals surface area (Å²) in [5, 5.41) is 0. The second kappa shape index (κ2) is 4.71. The van der Waals surface area contributed by atoms with E-state index in [1.807, 2.05) is 0 Å². The molecule has 0 saturated heterocycles. The number of hydrogen-bond acceptors (Lipinski definition) is 4. The minimum Gasteiger partial charge on any atom is -0.755 e. The fourth-order valence-electron chi connectivity index (χ4n) is 1.56. The van der Waals surface area contributed by atoms with Gasteiger partial charge in [-0.2, -0.15) is 0 Å². The van der Waals surface area contributed by atoms with E-state index in [2.05, 4.69) is 0 Å². The molecule has 0 saturated carbocycles. The number of hydrogen-bond donors (Lipinski definition) is 0. The molecular weight excluding hydrogens is 230 g/mol. The van der Waals surface area contributed by atoms with Gasteiger partial charge in [-0.25, -0.2) is 0 Å². The number of anilines is 1. The summed E-state index contributed by atoms with van der Waals surface area (Å²) in [5.41, 5.74) is 0.583. The molecule has 6 heteroatoms. The quantitative estimate of drug-likeness (QED) is 0.744. The highest BCUT2D eigenvalue weighted by atomic mass is 32.2. The van der Waals surface area contributed by atoms with Gasteiger partial charge in [-0.15, -0.1) is 0 Å². The van der Waals surface area contributed by atoms with E-state index in [0.29, 0.717) is 36.9 Å². The molecule has 1 atom stereocenters. The Morgan fingerprint density at radius 3 is 2.69 bits per heavy atom. The van der Waals surface area contributed by atoms with Crippen LogP contribution in [0.25, 0.3) is 0 Å². The monoisotopic (exact) mass is 242 g/mol. The molecule has 1 unspecified atom stereocenters. The van der Waals surface area contributed by atoms with Crippen molar-refractivity contribution in [2.75, 3.05) is 24.1 Å². The molecule has 1 aliphatic heterocycles. The first kappa shape index (κ1) is 11.2. The maximum atomic E-state index is 11.0. The van der Waals surface area contributed by atoms with Gasteiger partial charge in [-0.3, -0.25) is 4.21 Å². The smallest absolute Gasteiger partial charge is 0.163 e. The van der Waals surface area contributed by atoms with Crippen LogP contribution < -0.4 is 13.8 Å². The molecule has 16 heavy (non-hydrogen) atoms. The number of rotatable bonds is 3. The van der Waals surface area contributed by atoms with Gasteiger partial charge in [0, 0.05) is 23.9 Å². The lowest BCUT2D eigenvalue weighted by atomic mass is 10.2. The predicted octanol–water partition coefficient (Wildman–Crippen LogP) is 1.08. The van der Waals surface area contributed by atoms with Crippen LogP contribution >= 0.6 is 0 Å². The molecule has 0 aliphatic carbocycles. The highest BCUT2D eigenvalue weighted by molar-refractivity contribution is 7.80. The van der Waals surface area contributed by atoms with Crippen LogP contribution in [-0.4, -0.2) is 28.5 Å². The van der Waals surface area contributed by atoms with Crippen LogP contribution in [0.5, 0.6) is 11.5 Å². The summed E-state index contributed by atoms with van der Waals surface area (Å²) < 4.78 is 33.9. The van der Waals surface area contributed by atoms with Crippen molar-refractivity contribution in [2.45, 2.75) is 6.92 Å². The van der Waals surface area contributed by atoms with Gasteiger partial charge in [0.15, 0.2) is 11.5 Å². The third kappa shape index (κ3) is 2.12. The van der Waals surface area contributed by atoms with E-state index in [1.54, 1.807) is 25.1 Å². The number of nitrogens with zero attached hydrogens (tertiary/aromatic N) is 1. The summed E-state index contributed by atoms with van der Waals surface area (Å²) in [6, 6.07) is 5.10. The SMILES string of the molecule is CCN(c1ccc2c(c1)OCCO2)S(=O)[O-]. The summed E-state index contributed by atoms with van der Waals surface area (Å²) in [6.45, 7) is 3.17. The van der Waals surface area contributed by atoms with Crippen LogP contribution in [0.15, 0.2) is 18.2 Å². The molecule has 2 rings (SSSR count). The Morgan fingerprint density at radius 2 is 2.06 bits per heavy atom. The molecule has 0 N–H and O–H groups in total. The van der Waals surface area contributed by atoms with Gasteiger partial charge < -0.3 is 18.3 Å². The van der Waals surface area contributed by atoms with Gasteiger partial charge in [0.2, 0.25) is 0 Å². The topological polar surface area (TPSA) is 61.8 Å². The highest BCUT2D eigenvalue weighted by Gasteiger charge is 2.14. The molecule has 5 nitrogen and oxygen atoms in total. The van der Waals surface area contributed by atoms with Crippen LogP contribution in [0.1, 0.15) is 6.92 Å². The lowest BCUT2D eigenvalue weighted by molar-refractivity contribution is 0.171. The number of fused-ring (bicyclic) bond motifs is 1. The summed E-state index contributed by atoms with van der Waals surface area (Å²) >= 11 is -2.27. The lowest BCUT2D eigenvalue weighted by Gasteiger charge is -2.26. The zero-order valence-electron chi connectivity index (χ0n) is 8.84. The van der Waals surface area contributed by atoms with E-state index in [-0.39, 0.29) is 0 Å². The van der Waals surface area contributed by atoms with Gasteiger partial charge in [0.25, 0.3) is 0 Å². The molecule has 1 aromatic rings. The van der Waals surface area contributed by atoms with Crippen LogP contribution in [-0.2, 0) is 11.3 Å². The molecule has 0 aromatic heterocycles. The number of benzene rings is 1. The Kier molecular flexibility index (Phi) is 3.31. The Hall–Kier alpha value is -1.27. The van der Waals surface area contributed by atoms with Crippen molar-refractivity contribution in [3.05, 3.63) is 18.2 Å². The summed E-state index contributed by atoms with van der Waals surface area (Å²) in [5.74, 6) is 1.25. The standard InChI is InChI=1S/C10H13NO4S/c1-2-11(16(12)13)8-3-4-9-10(7-8)15-6-5-14-9/h3-4,7H,2,5-6H2,1H3,(H,12,13)/p-1. The first-order valence-corrected chi connectivity index (χ1v) is 6.02. The predicted molar refractivity (Wildman–Crippen MR) is 59.4 cm³/mol. The second-order valence-electron chi connectivity index (χ2n) is 3.24. The van der Waals surface area contributed by atoms with Gasteiger partial charge in [0.1, 0.15) is 13.2 Å². The van der Waals surface area contributed by atoms with Crippen molar-refractivity contribution >= 4 is 17.0 Å². The van der Waals surface area contributed by atoms with E-state index in [0.717, 1.165) is 0 Å². The zero-order valence-corrected chi connectivity index (χ0v) is 9.66. The lowest BCUT2D eigenvalue weighted by Crippen LogP contribution is -2.25. The maximum absolute atomic E-state index is 11.0. The summed E-state index contributed by atoms with van der Waals surface area (Å²) in [6.07, 6.45) is 0. The summed E-state index contributed by atoms with van der Waals surface area (Å²) in [4.78, 5) is 0. The van der Waals surface area contributed by atoms with Crippen molar-refractivity contribution < 1.29 is 18.2 Å².